The summed E-state index contributed by atoms with van der Waals surface area (Å²) in [4.78, 5) is 0. The van der Waals surface area contributed by atoms with Crippen molar-refractivity contribution < 1.29 is 26.2 Å². The van der Waals surface area contributed by atoms with Crippen LogP contribution in [0.2, 0.25) is 0 Å². The van der Waals surface area contributed by atoms with Gasteiger partial charge >= 0.3 is 26.2 Å². The van der Waals surface area contributed by atoms with E-state index in [2.05, 4.69) is 87.7 Å². The van der Waals surface area contributed by atoms with Crippen molar-refractivity contribution in [2.75, 3.05) is 0 Å². The Morgan fingerprint density at radius 3 is 1.10 bits per heavy atom. The van der Waals surface area contributed by atoms with Gasteiger partial charge in [-0.05, 0) is 13.8 Å². The molecular weight excluding hydrogens is 474 g/mol. The zero-order valence-electron chi connectivity index (χ0n) is 16.7. The van der Waals surface area contributed by atoms with Gasteiger partial charge in [-0.2, -0.15) is 37.5 Å². The first-order chi connectivity index (χ1) is 12.5. The summed E-state index contributed by atoms with van der Waals surface area (Å²) < 4.78 is 0. The minimum Gasteiger partial charge on any atom is -0.156 e. The summed E-state index contributed by atoms with van der Waals surface area (Å²) in [5, 5.41) is 0. The van der Waals surface area contributed by atoms with Crippen LogP contribution in [0.15, 0.2) is 97.1 Å². The van der Waals surface area contributed by atoms with Gasteiger partial charge in [0.15, 0.2) is 0 Å². The van der Waals surface area contributed by atoms with Gasteiger partial charge in [0, 0.05) is 0 Å². The van der Waals surface area contributed by atoms with Crippen LogP contribution in [-0.4, -0.2) is 0 Å². The van der Waals surface area contributed by atoms with Crippen LogP contribution in [0.3, 0.4) is 0 Å². The number of hydrogen-bond acceptors (Lipinski definition) is 0. The molecule has 146 valence electrons. The molecule has 0 saturated carbocycles. The molecule has 0 aliphatic heterocycles. The molecule has 29 heavy (non-hydrogen) atoms. The molecule has 0 radical (unpaired) electrons. The molecule has 4 rings (SSSR count). The van der Waals surface area contributed by atoms with Gasteiger partial charge in [-0.1, -0.05) is 70.8 Å². The molecule has 0 amide bonds. The van der Waals surface area contributed by atoms with Crippen molar-refractivity contribution in [3.05, 3.63) is 132 Å². The predicted molar refractivity (Wildman–Crippen MR) is 127 cm³/mol. The maximum Gasteiger partial charge on any atom is 2.00 e. The molecule has 2 aliphatic rings. The Morgan fingerprint density at radius 1 is 0.552 bits per heavy atom. The van der Waals surface area contributed by atoms with Gasteiger partial charge in [0.1, 0.15) is 0 Å². The van der Waals surface area contributed by atoms with Gasteiger partial charge < -0.3 is 0 Å². The third-order valence-electron chi connectivity index (χ3n) is 4.22. The third-order valence-corrected chi connectivity index (χ3v) is 4.22. The summed E-state index contributed by atoms with van der Waals surface area (Å²) in [7, 11) is 0. The minimum absolute atomic E-state index is 0. The molecule has 2 aromatic carbocycles. The molecular formula is C26H24Cl2Zr. The van der Waals surface area contributed by atoms with E-state index in [1.165, 1.54) is 22.3 Å². The van der Waals surface area contributed by atoms with Crippen LogP contribution in [0.4, 0.5) is 0 Å². The average molecular weight is 499 g/mol. The molecule has 0 fully saturated rings. The summed E-state index contributed by atoms with van der Waals surface area (Å²) in [6, 6.07) is 16.9. The quantitative estimate of drug-likeness (QED) is 0.377. The second-order valence-corrected chi connectivity index (χ2v) is 6.53. The van der Waals surface area contributed by atoms with Gasteiger partial charge in [-0.15, -0.1) is 59.3 Å². The fourth-order valence-electron chi connectivity index (χ4n) is 2.68. The number of allylic oxidation sites excluding steroid dienone is 10. The monoisotopic (exact) mass is 496 g/mol. The maximum atomic E-state index is 3.83. The van der Waals surface area contributed by atoms with E-state index in [-0.39, 0.29) is 51.0 Å². The van der Waals surface area contributed by atoms with E-state index in [9.17, 15) is 0 Å². The molecule has 0 aromatic heterocycles. The summed E-state index contributed by atoms with van der Waals surface area (Å²) in [6.07, 6.45) is 14.5. The van der Waals surface area contributed by atoms with Crippen LogP contribution >= 0.6 is 24.8 Å². The molecule has 0 saturated heterocycles. The summed E-state index contributed by atoms with van der Waals surface area (Å²) in [6.45, 7) is 11.8. The number of halogens is 2. The Labute approximate surface area is 206 Å². The second-order valence-electron chi connectivity index (χ2n) is 6.53. The normalized spacial score (nSPS) is 13.3. The van der Waals surface area contributed by atoms with E-state index in [0.717, 1.165) is 22.3 Å². The molecule has 0 bridgehead atoms. The largest absolute Gasteiger partial charge is 2.00 e. The first kappa shape index (κ1) is 27.3. The van der Waals surface area contributed by atoms with Gasteiger partial charge in [-0.25, -0.2) is 0 Å². The Hall–Kier alpha value is -1.66. The molecule has 0 spiro atoms. The predicted octanol–water partition coefficient (Wildman–Crippen LogP) is 7.46. The van der Waals surface area contributed by atoms with Crippen LogP contribution < -0.4 is 0 Å². The van der Waals surface area contributed by atoms with E-state index in [0.29, 0.717) is 0 Å². The molecule has 0 heterocycles. The van der Waals surface area contributed by atoms with Gasteiger partial charge in [0.05, 0.1) is 0 Å². The zero-order chi connectivity index (χ0) is 18.5. The topological polar surface area (TPSA) is 0 Å². The van der Waals surface area contributed by atoms with Crippen molar-refractivity contribution in [1.82, 2.24) is 0 Å². The van der Waals surface area contributed by atoms with Crippen molar-refractivity contribution in [1.29, 1.82) is 0 Å². The number of benzene rings is 2. The Morgan fingerprint density at radius 2 is 0.862 bits per heavy atom. The molecule has 3 heteroatoms. The van der Waals surface area contributed by atoms with Crippen molar-refractivity contribution in [3.63, 3.8) is 0 Å². The van der Waals surface area contributed by atoms with Crippen LogP contribution in [0.25, 0.3) is 11.1 Å². The van der Waals surface area contributed by atoms with Crippen molar-refractivity contribution in [2.24, 2.45) is 0 Å². The van der Waals surface area contributed by atoms with Gasteiger partial charge in [0.25, 0.3) is 0 Å². The zero-order valence-corrected chi connectivity index (χ0v) is 20.7. The fraction of sp³-hybridized carbons (Fsp3) is 0.0769. The second kappa shape index (κ2) is 12.8. The van der Waals surface area contributed by atoms with E-state index < -0.39 is 0 Å². The SMILES string of the molecule is C=C1[C-]=C(c2ccc(C)cc2)C=C1.C=C1[C-]=C(c2ccc(C)cc2)C=C1.Cl.Cl.[Zr+2]. The molecule has 2 aliphatic carbocycles. The molecule has 0 atom stereocenters. The third kappa shape index (κ3) is 7.94. The summed E-state index contributed by atoms with van der Waals surface area (Å²) in [5.74, 6) is 0. The number of hydrogen-bond donors (Lipinski definition) is 0. The molecule has 0 unspecified atom stereocenters. The standard InChI is InChI=1S/2C13H11.2ClH.Zr/c2*1-10-3-6-12(7-4-10)13-8-5-11(2)9-13;;;/h2*3-8H,2H2,1H3;2*1H;/q2*-1;;;+2. The average Bonchev–Trinajstić information content (AvgIpc) is 3.25. The van der Waals surface area contributed by atoms with Crippen LogP contribution in [0.5, 0.6) is 0 Å². The Kier molecular flexibility index (Phi) is 12.1. The van der Waals surface area contributed by atoms with Crippen LogP contribution in [0.1, 0.15) is 22.3 Å². The first-order valence-corrected chi connectivity index (χ1v) is 8.67. The van der Waals surface area contributed by atoms with E-state index >= 15 is 0 Å². The Balaban J connectivity index is 0.000000490. The van der Waals surface area contributed by atoms with Crippen molar-refractivity contribution in [2.45, 2.75) is 13.8 Å². The molecule has 2 aromatic rings. The first-order valence-electron chi connectivity index (χ1n) is 8.67. The van der Waals surface area contributed by atoms with Crippen molar-refractivity contribution in [3.8, 4) is 0 Å². The van der Waals surface area contributed by atoms with Crippen LogP contribution in [0, 0.1) is 26.0 Å². The maximum absolute atomic E-state index is 3.83. The van der Waals surface area contributed by atoms with E-state index in [1.54, 1.807) is 0 Å². The van der Waals surface area contributed by atoms with Gasteiger partial charge in [-0.3, -0.25) is 0 Å². The number of rotatable bonds is 2. The fourth-order valence-corrected chi connectivity index (χ4v) is 2.68. The molecule has 0 N–H and O–H groups in total. The van der Waals surface area contributed by atoms with Crippen LogP contribution in [-0.2, 0) is 26.2 Å². The summed E-state index contributed by atoms with van der Waals surface area (Å²) in [5.41, 5.74) is 9.15. The van der Waals surface area contributed by atoms with Crippen molar-refractivity contribution >= 4 is 36.0 Å². The van der Waals surface area contributed by atoms with Gasteiger partial charge in [0.2, 0.25) is 0 Å². The van der Waals surface area contributed by atoms with E-state index in [1.807, 2.05) is 24.3 Å². The minimum atomic E-state index is 0. The smallest absolute Gasteiger partial charge is 0.156 e. The Bertz CT molecular complexity index is 875. The van der Waals surface area contributed by atoms with E-state index in [4.69, 9.17) is 0 Å². The number of aryl methyl sites for hydroxylation is 2. The molecule has 0 nitrogen and oxygen atoms in total. The summed E-state index contributed by atoms with van der Waals surface area (Å²) >= 11 is 0.